The number of hydrazone groups is 1. The van der Waals surface area contributed by atoms with Crippen molar-refractivity contribution in [3.05, 3.63) is 59.7 Å². The topological polar surface area (TPSA) is 96.9 Å². The highest BCUT2D eigenvalue weighted by atomic mass is 32.2. The van der Waals surface area contributed by atoms with E-state index in [2.05, 4.69) is 15.2 Å². The lowest BCUT2D eigenvalue weighted by atomic mass is 10.1. The average Bonchev–Trinajstić information content (AvgIpc) is 2.66. The highest BCUT2D eigenvalue weighted by Gasteiger charge is 2.28. The van der Waals surface area contributed by atoms with Crippen molar-refractivity contribution in [2.45, 2.75) is 31.7 Å². The van der Waals surface area contributed by atoms with Gasteiger partial charge in [0.05, 0.1) is 18.2 Å². The molecule has 0 saturated carbocycles. The van der Waals surface area contributed by atoms with Crippen molar-refractivity contribution in [3.63, 3.8) is 0 Å². The molecule has 0 radical (unpaired) electrons. The summed E-state index contributed by atoms with van der Waals surface area (Å²) in [6.45, 7) is 5.38. The van der Waals surface area contributed by atoms with Crippen LogP contribution in [0.3, 0.4) is 0 Å². The van der Waals surface area contributed by atoms with Crippen molar-refractivity contribution in [2.75, 3.05) is 7.11 Å². The Kier molecular flexibility index (Phi) is 7.31. The molecular weight excluding hydrogens is 378 g/mol. The van der Waals surface area contributed by atoms with Gasteiger partial charge in [-0.25, -0.2) is 13.8 Å². The summed E-state index contributed by atoms with van der Waals surface area (Å²) in [5.41, 5.74) is 4.08. The monoisotopic (exact) mass is 403 g/mol. The molecule has 28 heavy (non-hydrogen) atoms. The van der Waals surface area contributed by atoms with E-state index < -0.39 is 22.0 Å². The first-order chi connectivity index (χ1) is 13.2. The lowest BCUT2D eigenvalue weighted by Gasteiger charge is -2.20. The van der Waals surface area contributed by atoms with Crippen molar-refractivity contribution in [2.24, 2.45) is 11.0 Å². The molecule has 0 heterocycles. The van der Waals surface area contributed by atoms with E-state index in [-0.39, 0.29) is 10.8 Å². The molecule has 2 aromatic rings. The molecule has 0 saturated heterocycles. The van der Waals surface area contributed by atoms with Crippen molar-refractivity contribution in [3.8, 4) is 5.75 Å². The number of hydrogen-bond donors (Lipinski definition) is 2. The zero-order chi connectivity index (χ0) is 20.7. The molecule has 8 heteroatoms. The number of nitrogens with one attached hydrogen (secondary N) is 2. The van der Waals surface area contributed by atoms with Crippen LogP contribution in [0.1, 0.15) is 25.0 Å². The second-order valence-electron chi connectivity index (χ2n) is 6.67. The predicted octanol–water partition coefficient (Wildman–Crippen LogP) is 2.46. The smallest absolute Gasteiger partial charge is 0.258 e. The van der Waals surface area contributed by atoms with Crippen LogP contribution in [0.25, 0.3) is 0 Å². The SMILES string of the molecule is COc1cccc(/C=N\NC(=O)[C@@H](NS(=O)(=O)c2ccc(C)cc2)C(C)C)c1. The first-order valence-corrected chi connectivity index (χ1v) is 10.3. The molecule has 0 aromatic heterocycles. The fraction of sp³-hybridized carbons (Fsp3) is 0.300. The van der Waals surface area contributed by atoms with Gasteiger partial charge in [-0.1, -0.05) is 43.7 Å². The first kappa shape index (κ1) is 21.6. The Morgan fingerprint density at radius 2 is 1.82 bits per heavy atom. The number of sulfonamides is 1. The second-order valence-corrected chi connectivity index (χ2v) is 8.38. The Labute approximate surface area is 165 Å². The maximum absolute atomic E-state index is 12.6. The van der Waals surface area contributed by atoms with Crippen LogP contribution >= 0.6 is 0 Å². The Bertz CT molecular complexity index is 938. The minimum atomic E-state index is -3.83. The third kappa shape index (κ3) is 5.90. The van der Waals surface area contributed by atoms with Gasteiger partial charge in [0.25, 0.3) is 5.91 Å². The van der Waals surface area contributed by atoms with Gasteiger partial charge < -0.3 is 4.74 Å². The zero-order valence-corrected chi connectivity index (χ0v) is 17.2. The normalized spacial score (nSPS) is 12.9. The number of aryl methyl sites for hydroxylation is 1. The number of carbonyl (C=O) groups is 1. The summed E-state index contributed by atoms with van der Waals surface area (Å²) in [6.07, 6.45) is 1.46. The van der Waals surface area contributed by atoms with Gasteiger partial charge in [-0.3, -0.25) is 4.79 Å². The molecule has 1 amide bonds. The van der Waals surface area contributed by atoms with Crippen LogP contribution in [0, 0.1) is 12.8 Å². The fourth-order valence-electron chi connectivity index (χ4n) is 2.41. The summed E-state index contributed by atoms with van der Waals surface area (Å²) >= 11 is 0. The molecular formula is C20H25N3O4S. The van der Waals surface area contributed by atoms with Crippen LogP contribution < -0.4 is 14.9 Å². The summed E-state index contributed by atoms with van der Waals surface area (Å²) in [7, 11) is -2.27. The van der Waals surface area contributed by atoms with Crippen molar-refractivity contribution in [1.82, 2.24) is 10.1 Å². The number of hydrogen-bond acceptors (Lipinski definition) is 5. The lowest BCUT2D eigenvalue weighted by Crippen LogP contribution is -2.48. The number of rotatable bonds is 8. The molecule has 0 spiro atoms. The molecule has 2 rings (SSSR count). The Balaban J connectivity index is 2.09. The zero-order valence-electron chi connectivity index (χ0n) is 16.3. The number of methoxy groups -OCH3 is 1. The number of ether oxygens (including phenoxy) is 1. The molecule has 0 aliphatic carbocycles. The molecule has 1 atom stereocenters. The Morgan fingerprint density at radius 1 is 1.14 bits per heavy atom. The molecule has 0 unspecified atom stereocenters. The third-order valence-corrected chi connectivity index (χ3v) is 5.50. The van der Waals surface area contributed by atoms with E-state index >= 15 is 0 Å². The number of benzene rings is 2. The first-order valence-electron chi connectivity index (χ1n) is 8.79. The van der Waals surface area contributed by atoms with Gasteiger partial charge >= 0.3 is 0 Å². The van der Waals surface area contributed by atoms with E-state index in [0.717, 1.165) is 11.1 Å². The minimum absolute atomic E-state index is 0.108. The van der Waals surface area contributed by atoms with E-state index in [9.17, 15) is 13.2 Å². The average molecular weight is 404 g/mol. The largest absolute Gasteiger partial charge is 0.497 e. The third-order valence-electron chi connectivity index (χ3n) is 4.04. The highest BCUT2D eigenvalue weighted by Crippen LogP contribution is 2.13. The highest BCUT2D eigenvalue weighted by molar-refractivity contribution is 7.89. The fourth-order valence-corrected chi connectivity index (χ4v) is 3.75. The maximum Gasteiger partial charge on any atom is 0.258 e. The molecule has 2 aromatic carbocycles. The summed E-state index contributed by atoms with van der Waals surface area (Å²) in [6, 6.07) is 12.6. The van der Waals surface area contributed by atoms with Gasteiger partial charge in [-0.05, 0) is 42.7 Å². The molecule has 0 aliphatic heterocycles. The summed E-state index contributed by atoms with van der Waals surface area (Å²) < 4.78 is 32.8. The van der Waals surface area contributed by atoms with E-state index in [4.69, 9.17) is 4.74 Å². The summed E-state index contributed by atoms with van der Waals surface area (Å²) in [5.74, 6) is -0.140. The van der Waals surface area contributed by atoms with Crippen LogP contribution in [-0.4, -0.2) is 33.7 Å². The molecule has 0 aliphatic rings. The summed E-state index contributed by atoms with van der Waals surface area (Å²) in [5, 5.41) is 3.92. The molecule has 0 bridgehead atoms. The van der Waals surface area contributed by atoms with Gasteiger partial charge in [0.2, 0.25) is 10.0 Å². The van der Waals surface area contributed by atoms with Crippen LogP contribution in [0.4, 0.5) is 0 Å². The van der Waals surface area contributed by atoms with Crippen molar-refractivity contribution in [1.29, 1.82) is 0 Å². The quantitative estimate of drug-likeness (QED) is 0.523. The van der Waals surface area contributed by atoms with Crippen LogP contribution in [0.5, 0.6) is 5.75 Å². The van der Waals surface area contributed by atoms with Crippen LogP contribution in [-0.2, 0) is 14.8 Å². The minimum Gasteiger partial charge on any atom is -0.497 e. The van der Waals surface area contributed by atoms with Gasteiger partial charge in [0.15, 0.2) is 0 Å². The molecule has 150 valence electrons. The number of amides is 1. The van der Waals surface area contributed by atoms with Gasteiger partial charge in [0, 0.05) is 0 Å². The molecule has 7 nitrogen and oxygen atoms in total. The van der Waals surface area contributed by atoms with Gasteiger partial charge in [-0.15, -0.1) is 0 Å². The standard InChI is InChI=1S/C20H25N3O4S/c1-14(2)19(23-28(25,26)18-10-8-15(3)9-11-18)20(24)22-21-13-16-6-5-7-17(12-16)27-4/h5-14,19,23H,1-4H3,(H,22,24)/b21-13-/t19-/m0/s1. The van der Waals surface area contributed by atoms with E-state index in [1.54, 1.807) is 57.4 Å². The van der Waals surface area contributed by atoms with Crippen molar-refractivity contribution < 1.29 is 17.9 Å². The Hall–Kier alpha value is -2.71. The van der Waals surface area contributed by atoms with Crippen molar-refractivity contribution >= 4 is 22.1 Å². The van der Waals surface area contributed by atoms with E-state index in [1.165, 1.54) is 18.3 Å². The maximum atomic E-state index is 12.6. The van der Waals surface area contributed by atoms with Crippen LogP contribution in [0.15, 0.2) is 58.5 Å². The van der Waals surface area contributed by atoms with Crippen LogP contribution in [0.2, 0.25) is 0 Å². The number of nitrogens with zero attached hydrogens (tertiary/aromatic N) is 1. The van der Waals surface area contributed by atoms with Gasteiger partial charge in [-0.2, -0.15) is 9.82 Å². The molecule has 0 fully saturated rings. The number of carbonyl (C=O) groups excluding carboxylic acids is 1. The van der Waals surface area contributed by atoms with Gasteiger partial charge in [0.1, 0.15) is 11.8 Å². The second kappa shape index (κ2) is 9.48. The predicted molar refractivity (Wildman–Crippen MR) is 109 cm³/mol. The summed E-state index contributed by atoms with van der Waals surface area (Å²) in [4.78, 5) is 12.6. The lowest BCUT2D eigenvalue weighted by molar-refractivity contribution is -0.123. The Morgan fingerprint density at radius 3 is 2.43 bits per heavy atom. The molecule has 2 N–H and O–H groups in total. The van der Waals surface area contributed by atoms with E-state index in [1.807, 2.05) is 6.92 Å². The van der Waals surface area contributed by atoms with E-state index in [0.29, 0.717) is 5.75 Å².